The molecular weight excluding hydrogens is 409 g/mol. The molecule has 2 aromatic rings. The maximum atomic E-state index is 14.5. The Morgan fingerprint density at radius 2 is 2.03 bits per heavy atom. The summed E-state index contributed by atoms with van der Waals surface area (Å²) in [6, 6.07) is 3.10. The SMILES string of the molecule is COc1cc(F)c2ncc(Cl)c(CC[N+]3(C(C)(C)C)CCC(NC(=O)O)CC3)c2c1. The number of quaternary nitrogens is 1. The van der Waals surface area contributed by atoms with Gasteiger partial charge in [0.1, 0.15) is 11.3 Å². The number of ether oxygens (including phenoxy) is 1. The number of halogens is 2. The number of amides is 1. The number of hydrogen-bond acceptors (Lipinski definition) is 3. The van der Waals surface area contributed by atoms with Crippen molar-refractivity contribution in [2.24, 2.45) is 0 Å². The Kier molecular flexibility index (Phi) is 6.43. The van der Waals surface area contributed by atoms with Crippen molar-refractivity contribution in [3.8, 4) is 5.75 Å². The highest BCUT2D eigenvalue weighted by Crippen LogP contribution is 2.34. The van der Waals surface area contributed by atoms with E-state index in [1.165, 1.54) is 19.4 Å². The zero-order valence-electron chi connectivity index (χ0n) is 18.0. The van der Waals surface area contributed by atoms with Crippen LogP contribution in [-0.4, -0.2) is 59.0 Å². The van der Waals surface area contributed by atoms with Crippen LogP contribution in [0.25, 0.3) is 10.9 Å². The molecule has 8 heteroatoms. The van der Waals surface area contributed by atoms with Crippen LogP contribution in [0, 0.1) is 5.82 Å². The van der Waals surface area contributed by atoms with Gasteiger partial charge in [0.05, 0.1) is 37.3 Å². The molecule has 0 bridgehead atoms. The first-order valence-electron chi connectivity index (χ1n) is 10.2. The molecule has 3 rings (SSSR count). The predicted octanol–water partition coefficient (Wildman–Crippen LogP) is 4.62. The third-order valence-electron chi connectivity index (χ3n) is 6.54. The largest absolute Gasteiger partial charge is 0.497 e. The van der Waals surface area contributed by atoms with Crippen molar-refractivity contribution in [2.75, 3.05) is 26.7 Å². The van der Waals surface area contributed by atoms with Crippen molar-refractivity contribution in [3.63, 3.8) is 0 Å². The fourth-order valence-electron chi connectivity index (χ4n) is 4.57. The number of pyridine rings is 1. The van der Waals surface area contributed by atoms with Crippen LogP contribution in [0.4, 0.5) is 9.18 Å². The normalized spacial score (nSPS) is 22.1. The monoisotopic (exact) mass is 438 g/mol. The van der Waals surface area contributed by atoms with E-state index in [9.17, 15) is 9.18 Å². The Morgan fingerprint density at radius 3 is 2.60 bits per heavy atom. The van der Waals surface area contributed by atoms with Gasteiger partial charge in [-0.25, -0.2) is 9.18 Å². The van der Waals surface area contributed by atoms with Crippen LogP contribution < -0.4 is 10.1 Å². The van der Waals surface area contributed by atoms with E-state index in [4.69, 9.17) is 21.4 Å². The van der Waals surface area contributed by atoms with Gasteiger partial charge in [0.25, 0.3) is 0 Å². The molecule has 0 radical (unpaired) electrons. The number of carboxylic acid groups (broad SMARTS) is 1. The Labute approximate surface area is 181 Å². The number of nitrogens with zero attached hydrogens (tertiary/aromatic N) is 2. The first-order chi connectivity index (χ1) is 14.1. The molecular formula is C22H30ClFN3O3+. The number of hydrogen-bond donors (Lipinski definition) is 2. The van der Waals surface area contributed by atoms with Crippen molar-refractivity contribution < 1.29 is 23.5 Å². The van der Waals surface area contributed by atoms with Crippen molar-refractivity contribution in [3.05, 3.63) is 34.7 Å². The zero-order valence-corrected chi connectivity index (χ0v) is 18.7. The lowest BCUT2D eigenvalue weighted by Gasteiger charge is -2.52. The molecule has 2 N–H and O–H groups in total. The van der Waals surface area contributed by atoms with E-state index in [-0.39, 0.29) is 11.6 Å². The molecule has 0 atom stereocenters. The van der Waals surface area contributed by atoms with E-state index < -0.39 is 11.9 Å². The minimum absolute atomic E-state index is 0.0141. The molecule has 1 aliphatic heterocycles. The van der Waals surface area contributed by atoms with Crippen LogP contribution in [0.15, 0.2) is 18.3 Å². The van der Waals surface area contributed by atoms with Gasteiger partial charge in [-0.15, -0.1) is 0 Å². The average molecular weight is 439 g/mol. The first-order valence-corrected chi connectivity index (χ1v) is 10.6. The smallest absolute Gasteiger partial charge is 0.404 e. The zero-order chi connectivity index (χ0) is 22.1. The van der Waals surface area contributed by atoms with Gasteiger partial charge in [0, 0.05) is 43.0 Å². The molecule has 0 spiro atoms. The molecule has 1 amide bonds. The van der Waals surface area contributed by atoms with Crippen LogP contribution in [0.5, 0.6) is 5.75 Å². The Hall–Kier alpha value is -2.12. The molecule has 0 unspecified atom stereocenters. The number of aromatic nitrogens is 1. The highest BCUT2D eigenvalue weighted by molar-refractivity contribution is 6.32. The fourth-order valence-corrected chi connectivity index (χ4v) is 4.82. The molecule has 164 valence electrons. The van der Waals surface area contributed by atoms with E-state index in [1.54, 1.807) is 6.07 Å². The van der Waals surface area contributed by atoms with Gasteiger partial charge in [-0.1, -0.05) is 11.6 Å². The number of benzene rings is 1. The van der Waals surface area contributed by atoms with Crippen molar-refractivity contribution in [1.29, 1.82) is 0 Å². The fraction of sp³-hybridized carbons (Fsp3) is 0.545. The second-order valence-electron chi connectivity index (χ2n) is 9.05. The standard InChI is InChI=1S/C22H29ClFN3O3/c1-22(2,3)27(8-5-14(6-9-27)26-21(28)29)10-7-16-17-11-15(30-4)12-19(24)20(17)25-13-18(16)23/h11-14,26H,5-10H2,1-4H3/p+1. The third kappa shape index (κ3) is 4.47. The summed E-state index contributed by atoms with van der Waals surface area (Å²) in [5.41, 5.74) is 1.14. The lowest BCUT2D eigenvalue weighted by atomic mass is 9.91. The molecule has 1 aliphatic rings. The minimum Gasteiger partial charge on any atom is -0.497 e. The maximum absolute atomic E-state index is 14.5. The lowest BCUT2D eigenvalue weighted by Crippen LogP contribution is -2.65. The van der Waals surface area contributed by atoms with Gasteiger partial charge in [-0.05, 0) is 32.4 Å². The highest BCUT2D eigenvalue weighted by atomic mass is 35.5. The van der Waals surface area contributed by atoms with Gasteiger partial charge in [-0.2, -0.15) is 0 Å². The second-order valence-corrected chi connectivity index (χ2v) is 9.46. The average Bonchev–Trinajstić information content (AvgIpc) is 2.67. The lowest BCUT2D eigenvalue weighted by molar-refractivity contribution is -0.974. The molecule has 2 heterocycles. The highest BCUT2D eigenvalue weighted by Gasteiger charge is 2.43. The predicted molar refractivity (Wildman–Crippen MR) is 116 cm³/mol. The van der Waals surface area contributed by atoms with Crippen LogP contribution in [-0.2, 0) is 6.42 Å². The number of piperidine rings is 1. The summed E-state index contributed by atoms with van der Waals surface area (Å²) in [5, 5.41) is 12.8. The molecule has 1 saturated heterocycles. The number of carbonyl (C=O) groups is 1. The van der Waals surface area contributed by atoms with E-state index in [2.05, 4.69) is 31.1 Å². The van der Waals surface area contributed by atoms with E-state index >= 15 is 0 Å². The van der Waals surface area contributed by atoms with Crippen molar-refractivity contribution in [2.45, 2.75) is 51.6 Å². The van der Waals surface area contributed by atoms with Crippen LogP contribution in [0.2, 0.25) is 5.02 Å². The number of methoxy groups -OCH3 is 1. The van der Waals surface area contributed by atoms with Crippen LogP contribution in [0.1, 0.15) is 39.2 Å². The second kappa shape index (κ2) is 8.55. The quantitative estimate of drug-likeness (QED) is 0.668. The Morgan fingerprint density at radius 1 is 1.37 bits per heavy atom. The molecule has 1 aromatic carbocycles. The van der Waals surface area contributed by atoms with E-state index in [0.717, 1.165) is 42.5 Å². The summed E-state index contributed by atoms with van der Waals surface area (Å²) in [6.45, 7) is 9.20. The van der Waals surface area contributed by atoms with Gasteiger partial charge in [-0.3, -0.25) is 4.98 Å². The summed E-state index contributed by atoms with van der Waals surface area (Å²) in [6.07, 6.45) is 2.79. The third-order valence-corrected chi connectivity index (χ3v) is 6.87. The molecule has 0 saturated carbocycles. The first kappa shape index (κ1) is 22.6. The maximum Gasteiger partial charge on any atom is 0.404 e. The minimum atomic E-state index is -0.971. The number of fused-ring (bicyclic) bond motifs is 1. The Bertz CT molecular complexity index is 937. The number of nitrogens with one attached hydrogen (secondary N) is 1. The number of rotatable bonds is 5. The van der Waals surface area contributed by atoms with E-state index in [1.807, 2.05) is 0 Å². The summed E-state index contributed by atoms with van der Waals surface area (Å²) in [4.78, 5) is 15.2. The van der Waals surface area contributed by atoms with Crippen molar-refractivity contribution in [1.82, 2.24) is 10.3 Å². The summed E-state index contributed by atoms with van der Waals surface area (Å²) >= 11 is 6.50. The molecule has 0 aliphatic carbocycles. The van der Waals surface area contributed by atoms with Gasteiger partial charge >= 0.3 is 6.09 Å². The van der Waals surface area contributed by atoms with Crippen molar-refractivity contribution >= 4 is 28.6 Å². The molecule has 6 nitrogen and oxygen atoms in total. The van der Waals surface area contributed by atoms with Gasteiger partial charge in [0.2, 0.25) is 0 Å². The van der Waals surface area contributed by atoms with E-state index in [0.29, 0.717) is 28.1 Å². The molecule has 1 aromatic heterocycles. The van der Waals surface area contributed by atoms with Gasteiger partial charge < -0.3 is 19.6 Å². The number of likely N-dealkylation sites (tertiary alicyclic amines) is 1. The summed E-state index contributed by atoms with van der Waals surface area (Å²) in [5.74, 6) is 0.00754. The van der Waals surface area contributed by atoms with Gasteiger partial charge in [0.15, 0.2) is 5.82 Å². The molecule has 30 heavy (non-hydrogen) atoms. The Balaban J connectivity index is 1.90. The van der Waals surface area contributed by atoms with Crippen LogP contribution >= 0.6 is 11.6 Å². The topological polar surface area (TPSA) is 71.5 Å². The van der Waals surface area contributed by atoms with Crippen LogP contribution in [0.3, 0.4) is 0 Å². The summed E-state index contributed by atoms with van der Waals surface area (Å²) in [7, 11) is 1.51. The summed E-state index contributed by atoms with van der Waals surface area (Å²) < 4.78 is 20.6. The molecule has 1 fully saturated rings.